The molecule has 0 radical (unpaired) electrons. The molecule has 2 atom stereocenters. The molecular weight excluding hydrogens is 222 g/mol. The van der Waals surface area contributed by atoms with Gasteiger partial charge < -0.3 is 25.4 Å². The molecule has 0 spiro atoms. The van der Waals surface area contributed by atoms with Crippen molar-refractivity contribution in [2.75, 3.05) is 32.9 Å². The molecule has 4 N–H and O–H groups in total. The summed E-state index contributed by atoms with van der Waals surface area (Å²) in [5, 5.41) is 30.0. The third-order valence-electron chi connectivity index (χ3n) is 2.35. The Hall–Kier alpha value is -0.200. The second-order valence-electron chi connectivity index (χ2n) is 4.76. The third-order valence-corrected chi connectivity index (χ3v) is 2.35. The summed E-state index contributed by atoms with van der Waals surface area (Å²) in [5.41, 5.74) is 0. The summed E-state index contributed by atoms with van der Waals surface area (Å²) in [6, 6.07) is 0. The molecule has 0 aliphatic carbocycles. The number of aliphatic hydroxyl groups is 3. The van der Waals surface area contributed by atoms with Gasteiger partial charge in [-0.25, -0.2) is 0 Å². The molecule has 0 aromatic carbocycles. The molecule has 0 aromatic heterocycles. The first-order valence-corrected chi connectivity index (χ1v) is 6.31. The predicted octanol–water partition coefficient (Wildman–Crippen LogP) is -0.257. The Balaban J connectivity index is 3.26. The van der Waals surface area contributed by atoms with Gasteiger partial charge in [0.2, 0.25) is 0 Å². The molecule has 0 aromatic rings. The van der Waals surface area contributed by atoms with E-state index < -0.39 is 12.2 Å². The van der Waals surface area contributed by atoms with E-state index in [0.717, 1.165) is 12.8 Å². The minimum absolute atomic E-state index is 0.269. The minimum Gasteiger partial charge on any atom is -0.394 e. The molecule has 0 amide bonds. The average Bonchev–Trinajstić information content (AvgIpc) is 2.27. The summed E-state index contributed by atoms with van der Waals surface area (Å²) >= 11 is 0. The van der Waals surface area contributed by atoms with Crippen LogP contribution < -0.4 is 5.32 Å². The van der Waals surface area contributed by atoms with Gasteiger partial charge >= 0.3 is 0 Å². The van der Waals surface area contributed by atoms with Gasteiger partial charge in [0.25, 0.3) is 0 Å². The summed E-state index contributed by atoms with van der Waals surface area (Å²) in [6.07, 6.45) is 0.812. The molecule has 5 heteroatoms. The molecule has 0 aliphatic heterocycles. The first kappa shape index (κ1) is 16.8. The van der Waals surface area contributed by atoms with Gasteiger partial charge in [-0.1, -0.05) is 13.8 Å². The van der Waals surface area contributed by atoms with Gasteiger partial charge in [-0.3, -0.25) is 0 Å². The van der Waals surface area contributed by atoms with Crippen LogP contribution in [0.4, 0.5) is 0 Å². The molecule has 2 unspecified atom stereocenters. The topological polar surface area (TPSA) is 82.0 Å². The van der Waals surface area contributed by atoms with E-state index in [1.165, 1.54) is 0 Å². The zero-order valence-electron chi connectivity index (χ0n) is 10.9. The van der Waals surface area contributed by atoms with E-state index in [0.29, 0.717) is 25.7 Å². The second-order valence-corrected chi connectivity index (χ2v) is 4.76. The van der Waals surface area contributed by atoms with Gasteiger partial charge in [-0.15, -0.1) is 0 Å². The molecule has 0 saturated carbocycles. The van der Waals surface area contributed by atoms with Gasteiger partial charge in [-0.05, 0) is 18.8 Å². The summed E-state index contributed by atoms with van der Waals surface area (Å²) in [4.78, 5) is 0. The highest BCUT2D eigenvalue weighted by molar-refractivity contribution is 4.62. The van der Waals surface area contributed by atoms with E-state index in [1.54, 1.807) is 0 Å². The third kappa shape index (κ3) is 12.1. The van der Waals surface area contributed by atoms with E-state index in [1.807, 2.05) is 0 Å². The Bertz CT molecular complexity index is 167. The second kappa shape index (κ2) is 10.9. The lowest BCUT2D eigenvalue weighted by atomic mass is 10.1. The summed E-state index contributed by atoms with van der Waals surface area (Å²) in [6.45, 7) is 5.70. The van der Waals surface area contributed by atoms with E-state index in [-0.39, 0.29) is 13.2 Å². The lowest BCUT2D eigenvalue weighted by molar-refractivity contribution is 0.0313. The van der Waals surface area contributed by atoms with Crippen molar-refractivity contribution in [3.63, 3.8) is 0 Å². The van der Waals surface area contributed by atoms with Gasteiger partial charge in [0, 0.05) is 19.7 Å². The highest BCUT2D eigenvalue weighted by Crippen LogP contribution is 2.03. The largest absolute Gasteiger partial charge is 0.394 e. The van der Waals surface area contributed by atoms with E-state index >= 15 is 0 Å². The number of hydrogen-bond donors (Lipinski definition) is 4. The maximum absolute atomic E-state index is 9.51. The number of aliphatic hydroxyl groups excluding tert-OH is 3. The maximum Gasteiger partial charge on any atom is 0.0897 e. The zero-order chi connectivity index (χ0) is 13.1. The fourth-order valence-corrected chi connectivity index (χ4v) is 1.35. The Kier molecular flexibility index (Phi) is 10.8. The molecule has 17 heavy (non-hydrogen) atoms. The van der Waals surface area contributed by atoms with Gasteiger partial charge in [0.1, 0.15) is 0 Å². The molecule has 0 aliphatic rings. The van der Waals surface area contributed by atoms with Crippen LogP contribution in [0.15, 0.2) is 0 Å². The van der Waals surface area contributed by atoms with Crippen molar-refractivity contribution in [1.82, 2.24) is 5.32 Å². The zero-order valence-corrected chi connectivity index (χ0v) is 10.9. The molecule has 0 rings (SSSR count). The molecule has 0 bridgehead atoms. The number of ether oxygens (including phenoxy) is 1. The predicted molar refractivity (Wildman–Crippen MR) is 66.9 cm³/mol. The first-order valence-electron chi connectivity index (χ1n) is 6.31. The monoisotopic (exact) mass is 249 g/mol. The number of nitrogens with one attached hydrogen (secondary N) is 1. The SMILES string of the molecule is CC(C)CCCOCC(O)CNCC(O)CO. The van der Waals surface area contributed by atoms with E-state index in [9.17, 15) is 5.11 Å². The molecule has 0 heterocycles. The average molecular weight is 249 g/mol. The Morgan fingerprint density at radius 1 is 1.12 bits per heavy atom. The lowest BCUT2D eigenvalue weighted by Gasteiger charge is -2.14. The summed E-state index contributed by atoms with van der Waals surface area (Å²) in [5.74, 6) is 0.685. The van der Waals surface area contributed by atoms with Crippen molar-refractivity contribution in [3.8, 4) is 0 Å². The van der Waals surface area contributed by atoms with Crippen LogP contribution in [-0.2, 0) is 4.74 Å². The molecule has 5 nitrogen and oxygen atoms in total. The van der Waals surface area contributed by atoms with Crippen LogP contribution in [0.3, 0.4) is 0 Å². The minimum atomic E-state index is -0.769. The molecule has 0 saturated heterocycles. The Labute approximate surface area is 104 Å². The van der Waals surface area contributed by atoms with Crippen molar-refractivity contribution in [1.29, 1.82) is 0 Å². The van der Waals surface area contributed by atoms with Crippen LogP contribution in [0.5, 0.6) is 0 Å². The molecular formula is C12H27NO4. The maximum atomic E-state index is 9.51. The lowest BCUT2D eigenvalue weighted by Crippen LogP contribution is -2.36. The van der Waals surface area contributed by atoms with E-state index in [2.05, 4.69) is 19.2 Å². The Morgan fingerprint density at radius 3 is 2.35 bits per heavy atom. The van der Waals surface area contributed by atoms with Gasteiger partial charge in [0.05, 0.1) is 25.4 Å². The summed E-state index contributed by atoms with van der Waals surface area (Å²) in [7, 11) is 0. The molecule has 0 fully saturated rings. The van der Waals surface area contributed by atoms with Crippen LogP contribution in [0.1, 0.15) is 26.7 Å². The smallest absolute Gasteiger partial charge is 0.0897 e. The fourth-order valence-electron chi connectivity index (χ4n) is 1.35. The van der Waals surface area contributed by atoms with Gasteiger partial charge in [0.15, 0.2) is 0 Å². The Morgan fingerprint density at radius 2 is 1.76 bits per heavy atom. The first-order chi connectivity index (χ1) is 8.06. The van der Waals surface area contributed by atoms with Gasteiger partial charge in [-0.2, -0.15) is 0 Å². The van der Waals surface area contributed by atoms with Crippen molar-refractivity contribution < 1.29 is 20.1 Å². The van der Waals surface area contributed by atoms with Crippen LogP contribution in [0, 0.1) is 5.92 Å². The van der Waals surface area contributed by atoms with Crippen molar-refractivity contribution in [2.24, 2.45) is 5.92 Å². The van der Waals surface area contributed by atoms with Crippen LogP contribution in [0.2, 0.25) is 0 Å². The highest BCUT2D eigenvalue weighted by Gasteiger charge is 2.06. The van der Waals surface area contributed by atoms with Crippen molar-refractivity contribution in [3.05, 3.63) is 0 Å². The molecule has 104 valence electrons. The van der Waals surface area contributed by atoms with E-state index in [4.69, 9.17) is 14.9 Å². The quantitative estimate of drug-likeness (QED) is 0.379. The normalized spacial score (nSPS) is 15.2. The standard InChI is InChI=1S/C12H27NO4/c1-10(2)4-3-5-17-9-12(16)7-13-6-11(15)8-14/h10-16H,3-9H2,1-2H3. The van der Waals surface area contributed by atoms with Crippen LogP contribution in [-0.4, -0.2) is 60.4 Å². The van der Waals surface area contributed by atoms with Crippen molar-refractivity contribution >= 4 is 0 Å². The van der Waals surface area contributed by atoms with Crippen molar-refractivity contribution in [2.45, 2.75) is 38.9 Å². The van der Waals surface area contributed by atoms with Crippen LogP contribution in [0.25, 0.3) is 0 Å². The summed E-state index contributed by atoms with van der Waals surface area (Å²) < 4.78 is 5.33. The fraction of sp³-hybridized carbons (Fsp3) is 1.00. The number of hydrogen-bond acceptors (Lipinski definition) is 5. The number of rotatable bonds is 11. The highest BCUT2D eigenvalue weighted by atomic mass is 16.5. The van der Waals surface area contributed by atoms with Crippen LogP contribution >= 0.6 is 0 Å².